The molecule has 7 nitrogen and oxygen atoms in total. The molecule has 3 rings (SSSR count). The molecule has 1 aromatic rings. The summed E-state index contributed by atoms with van der Waals surface area (Å²) in [6.07, 6.45) is 1.22. The molecule has 0 spiro atoms. The van der Waals surface area contributed by atoms with Gasteiger partial charge in [0.05, 0.1) is 17.3 Å². The van der Waals surface area contributed by atoms with E-state index in [1.807, 2.05) is 30.3 Å². The third kappa shape index (κ3) is 7.98. The zero-order valence-corrected chi connectivity index (χ0v) is 22.7. The molecule has 9 heteroatoms. The lowest BCUT2D eigenvalue weighted by atomic mass is 9.92. The molecule has 0 radical (unpaired) electrons. The van der Waals surface area contributed by atoms with Crippen molar-refractivity contribution in [3.63, 3.8) is 0 Å². The molecule has 3 unspecified atom stereocenters. The van der Waals surface area contributed by atoms with Crippen molar-refractivity contribution in [1.82, 2.24) is 20.0 Å². The summed E-state index contributed by atoms with van der Waals surface area (Å²) in [5, 5.41) is 3.35. The molecular weight excluding hydrogens is 537 g/mol. The van der Waals surface area contributed by atoms with Gasteiger partial charge in [0, 0.05) is 63.5 Å². The van der Waals surface area contributed by atoms with Crippen LogP contribution < -0.4 is 5.32 Å². The largest absolute Gasteiger partial charge is 0.355 e. The predicted octanol–water partition coefficient (Wildman–Crippen LogP) is 2.11. The van der Waals surface area contributed by atoms with Gasteiger partial charge in [-0.15, -0.1) is 24.0 Å². The molecule has 0 bridgehead atoms. The number of carbonyl (C=O) groups is 1. The first-order valence-electron chi connectivity index (χ1n) is 11.4. The van der Waals surface area contributed by atoms with Crippen LogP contribution in [0.5, 0.6) is 0 Å². The number of halogens is 1. The van der Waals surface area contributed by atoms with Gasteiger partial charge in [-0.2, -0.15) is 0 Å². The molecule has 2 fully saturated rings. The van der Waals surface area contributed by atoms with Crippen LogP contribution >= 0.6 is 24.0 Å². The molecule has 1 amide bonds. The highest BCUT2D eigenvalue weighted by atomic mass is 127. The van der Waals surface area contributed by atoms with Crippen LogP contribution in [0, 0.1) is 11.8 Å². The number of aliphatic imine (C=N–C) groups is 1. The monoisotopic (exact) mass is 575 g/mol. The van der Waals surface area contributed by atoms with E-state index in [-0.39, 0.29) is 29.9 Å². The summed E-state index contributed by atoms with van der Waals surface area (Å²) in [7, 11) is 0.769. The maximum atomic E-state index is 12.8. The molecule has 2 aliphatic heterocycles. The second-order valence-corrected chi connectivity index (χ2v) is 10.4. The summed E-state index contributed by atoms with van der Waals surface area (Å²) in [6.45, 7) is 10.7. The van der Waals surface area contributed by atoms with E-state index >= 15 is 0 Å². The van der Waals surface area contributed by atoms with E-state index in [4.69, 9.17) is 0 Å². The molecule has 2 aliphatic rings. The average molecular weight is 576 g/mol. The van der Waals surface area contributed by atoms with E-state index in [9.17, 15) is 9.00 Å². The normalized spacial score (nSPS) is 23.4. The van der Waals surface area contributed by atoms with Crippen LogP contribution in [0.3, 0.4) is 0 Å². The summed E-state index contributed by atoms with van der Waals surface area (Å²) in [4.78, 5) is 24.5. The third-order valence-corrected chi connectivity index (χ3v) is 7.41. The Hall–Kier alpha value is -1.20. The van der Waals surface area contributed by atoms with Crippen molar-refractivity contribution in [2.24, 2.45) is 16.8 Å². The first kappa shape index (κ1) is 27.0. The number of piperidine rings is 1. The SMILES string of the molecule is CN=C(NCCS(=O)c1ccccc1)N1CCN(CC(=O)N2CC(C)CC(C)C2)CC1.I. The molecule has 1 aromatic carbocycles. The topological polar surface area (TPSA) is 68.2 Å². The van der Waals surface area contributed by atoms with Gasteiger partial charge in [0.2, 0.25) is 5.91 Å². The molecule has 32 heavy (non-hydrogen) atoms. The van der Waals surface area contributed by atoms with Gasteiger partial charge < -0.3 is 15.1 Å². The minimum atomic E-state index is -1.01. The molecule has 2 saturated heterocycles. The fraction of sp³-hybridized carbons (Fsp3) is 0.652. The molecular formula is C23H38IN5O2S. The second kappa shape index (κ2) is 13.5. The number of rotatable bonds is 6. The van der Waals surface area contributed by atoms with Crippen molar-refractivity contribution < 1.29 is 9.00 Å². The number of hydrogen-bond donors (Lipinski definition) is 1. The highest BCUT2D eigenvalue weighted by Gasteiger charge is 2.28. The van der Waals surface area contributed by atoms with Crippen molar-refractivity contribution in [2.75, 3.05) is 65.2 Å². The van der Waals surface area contributed by atoms with Crippen LogP contribution in [0.2, 0.25) is 0 Å². The number of nitrogens with one attached hydrogen (secondary N) is 1. The second-order valence-electron chi connectivity index (χ2n) is 8.84. The average Bonchev–Trinajstić information content (AvgIpc) is 2.77. The maximum absolute atomic E-state index is 12.8. The number of guanidine groups is 1. The summed E-state index contributed by atoms with van der Waals surface area (Å²) in [6, 6.07) is 9.56. The van der Waals surface area contributed by atoms with Gasteiger partial charge in [0.15, 0.2) is 5.96 Å². The molecule has 0 saturated carbocycles. The van der Waals surface area contributed by atoms with Crippen LogP contribution in [0.15, 0.2) is 40.2 Å². The maximum Gasteiger partial charge on any atom is 0.236 e. The number of carbonyl (C=O) groups excluding carboxylic acids is 1. The van der Waals surface area contributed by atoms with Gasteiger partial charge in [0.25, 0.3) is 0 Å². The zero-order valence-electron chi connectivity index (χ0n) is 19.5. The summed E-state index contributed by atoms with van der Waals surface area (Å²) >= 11 is 0. The first-order valence-corrected chi connectivity index (χ1v) is 12.7. The van der Waals surface area contributed by atoms with E-state index in [0.717, 1.165) is 50.1 Å². The van der Waals surface area contributed by atoms with Gasteiger partial charge in [0.1, 0.15) is 0 Å². The van der Waals surface area contributed by atoms with Gasteiger partial charge in [-0.05, 0) is 30.4 Å². The number of hydrogen-bond acceptors (Lipinski definition) is 4. The quantitative estimate of drug-likeness (QED) is 0.320. The lowest BCUT2D eigenvalue weighted by Gasteiger charge is -2.39. The standard InChI is InChI=1S/C23H37N5O2S.HI/c1-19-15-20(2)17-28(16-19)22(29)18-26-10-12-27(13-11-26)23(24-3)25-9-14-31(30)21-7-5-4-6-8-21;/h4-8,19-20H,9-18H2,1-3H3,(H,24,25);1H. The van der Waals surface area contributed by atoms with Crippen molar-refractivity contribution in [1.29, 1.82) is 0 Å². The first-order chi connectivity index (χ1) is 15.0. The molecule has 2 heterocycles. The highest BCUT2D eigenvalue weighted by Crippen LogP contribution is 2.21. The third-order valence-electron chi connectivity index (χ3n) is 6.04. The molecule has 0 aliphatic carbocycles. The fourth-order valence-corrected chi connectivity index (χ4v) is 5.54. The lowest BCUT2D eigenvalue weighted by molar-refractivity contribution is -0.135. The Bertz CT molecular complexity index is 761. The Morgan fingerprint density at radius 2 is 1.69 bits per heavy atom. The van der Waals surface area contributed by atoms with Crippen LogP contribution in [-0.2, 0) is 15.6 Å². The Morgan fingerprint density at radius 1 is 1.06 bits per heavy atom. The molecule has 0 aromatic heterocycles. The van der Waals surface area contributed by atoms with Gasteiger partial charge in [-0.25, -0.2) is 0 Å². The summed E-state index contributed by atoms with van der Waals surface area (Å²) < 4.78 is 12.4. The Balaban J connectivity index is 0.00000363. The van der Waals surface area contributed by atoms with Gasteiger partial charge in [-0.1, -0.05) is 32.0 Å². The van der Waals surface area contributed by atoms with Crippen molar-refractivity contribution in [2.45, 2.75) is 25.2 Å². The molecule has 1 N–H and O–H groups in total. The van der Waals surface area contributed by atoms with E-state index < -0.39 is 10.8 Å². The zero-order chi connectivity index (χ0) is 22.2. The molecule has 3 atom stereocenters. The summed E-state index contributed by atoms with van der Waals surface area (Å²) in [5.41, 5.74) is 0. The van der Waals surface area contributed by atoms with Crippen molar-refractivity contribution in [3.8, 4) is 0 Å². The van der Waals surface area contributed by atoms with E-state index in [2.05, 4.69) is 38.9 Å². The Morgan fingerprint density at radius 3 is 2.28 bits per heavy atom. The van der Waals surface area contributed by atoms with E-state index in [1.165, 1.54) is 6.42 Å². The van der Waals surface area contributed by atoms with Crippen molar-refractivity contribution in [3.05, 3.63) is 30.3 Å². The van der Waals surface area contributed by atoms with Gasteiger partial charge in [-0.3, -0.25) is 18.9 Å². The number of benzene rings is 1. The van der Waals surface area contributed by atoms with Crippen molar-refractivity contribution >= 4 is 46.6 Å². The van der Waals surface area contributed by atoms with Crippen LogP contribution in [-0.4, -0.2) is 95.9 Å². The smallest absolute Gasteiger partial charge is 0.236 e. The highest BCUT2D eigenvalue weighted by molar-refractivity contribution is 14.0. The van der Waals surface area contributed by atoms with Gasteiger partial charge >= 0.3 is 0 Å². The minimum Gasteiger partial charge on any atom is -0.355 e. The summed E-state index contributed by atoms with van der Waals surface area (Å²) in [5.74, 6) is 2.84. The van der Waals surface area contributed by atoms with Crippen LogP contribution in [0.4, 0.5) is 0 Å². The van der Waals surface area contributed by atoms with Crippen LogP contribution in [0.25, 0.3) is 0 Å². The number of likely N-dealkylation sites (tertiary alicyclic amines) is 1. The van der Waals surface area contributed by atoms with E-state index in [0.29, 0.717) is 30.7 Å². The fourth-order valence-electron chi connectivity index (χ4n) is 4.55. The number of amides is 1. The lowest BCUT2D eigenvalue weighted by Crippen LogP contribution is -2.55. The Kier molecular flexibility index (Phi) is 11.4. The molecule has 180 valence electrons. The Labute approximate surface area is 212 Å². The van der Waals surface area contributed by atoms with Crippen LogP contribution in [0.1, 0.15) is 20.3 Å². The van der Waals surface area contributed by atoms with E-state index in [1.54, 1.807) is 7.05 Å². The minimum absolute atomic E-state index is 0. The predicted molar refractivity (Wildman–Crippen MR) is 142 cm³/mol. The number of nitrogens with zero attached hydrogens (tertiary/aromatic N) is 4. The number of piperazine rings is 1.